The minimum Gasteiger partial charge on any atom is -0.394 e. The Balaban J connectivity index is 2.35. The summed E-state index contributed by atoms with van der Waals surface area (Å²) in [6.45, 7) is 5.79. The smallest absolute Gasteiger partial charge is 0.249 e. The van der Waals surface area contributed by atoms with E-state index in [1.165, 1.54) is 154 Å². The number of aliphatic hydroxyl groups excluding tert-OH is 7. The van der Waals surface area contributed by atoms with Gasteiger partial charge in [-0.2, -0.15) is 0 Å². The first-order valence-corrected chi connectivity index (χ1v) is 25.8. The number of ether oxygens (including phenoxy) is 2. The fraction of sp³-hybridized carbons (Fsp3) is 0.980. The van der Waals surface area contributed by atoms with Crippen LogP contribution in [0.1, 0.15) is 239 Å². The molecule has 1 aliphatic heterocycles. The molecule has 364 valence electrons. The standard InChI is InChI=1S/C50H99NO10/c1-4-6-7-8-9-10-11-12-13-14-15-16-17-18-19-20-21-24-28-31-34-37-43(54)49(59)51-41(39-60-50-48(58)47(57)46(56)44(38-52)61-50)45(55)42(53)36-33-30-27-25-22-23-26-29-32-35-40(3)5-2/h40-48,50,52-58H,4-39H2,1-3H3,(H,51,59)/t40-,41+,42-,43-,44-,45+,46+,47+,48-,50+/m1/s1. The molecule has 10 atom stereocenters. The van der Waals surface area contributed by atoms with E-state index in [9.17, 15) is 40.5 Å². The molecule has 0 bridgehead atoms. The van der Waals surface area contributed by atoms with Crippen LogP contribution < -0.4 is 5.32 Å². The van der Waals surface area contributed by atoms with Crippen LogP contribution in [0.2, 0.25) is 0 Å². The Hall–Kier alpha value is -0.890. The molecule has 1 saturated heterocycles. The van der Waals surface area contributed by atoms with Crippen molar-refractivity contribution in [2.24, 2.45) is 5.92 Å². The second kappa shape index (κ2) is 39.5. The van der Waals surface area contributed by atoms with E-state index in [-0.39, 0.29) is 6.42 Å². The van der Waals surface area contributed by atoms with E-state index in [4.69, 9.17) is 9.47 Å². The van der Waals surface area contributed by atoms with Gasteiger partial charge >= 0.3 is 0 Å². The van der Waals surface area contributed by atoms with Gasteiger partial charge in [0.25, 0.3) is 0 Å². The molecule has 1 rings (SSSR count). The molecule has 61 heavy (non-hydrogen) atoms. The molecule has 8 N–H and O–H groups in total. The zero-order valence-corrected chi connectivity index (χ0v) is 39.6. The fourth-order valence-electron chi connectivity index (χ4n) is 8.54. The molecule has 0 aliphatic carbocycles. The van der Waals surface area contributed by atoms with Gasteiger partial charge in [-0.15, -0.1) is 0 Å². The Morgan fingerprint density at radius 2 is 0.951 bits per heavy atom. The van der Waals surface area contributed by atoms with Crippen molar-refractivity contribution in [2.75, 3.05) is 13.2 Å². The van der Waals surface area contributed by atoms with Crippen LogP contribution >= 0.6 is 0 Å². The Morgan fingerprint density at radius 3 is 1.36 bits per heavy atom. The number of carbonyl (C=O) groups is 1. The molecular formula is C50H99NO10. The number of unbranched alkanes of at least 4 members (excludes halogenated alkanes) is 28. The number of aliphatic hydroxyl groups is 7. The summed E-state index contributed by atoms with van der Waals surface area (Å²) >= 11 is 0. The molecule has 0 radical (unpaired) electrons. The summed E-state index contributed by atoms with van der Waals surface area (Å²) in [5.41, 5.74) is 0. The van der Waals surface area contributed by atoms with E-state index in [1.54, 1.807) is 0 Å². The van der Waals surface area contributed by atoms with E-state index in [0.717, 1.165) is 44.4 Å². The molecule has 0 aromatic rings. The van der Waals surface area contributed by atoms with Crippen LogP contribution in [0.25, 0.3) is 0 Å². The molecule has 0 unspecified atom stereocenters. The van der Waals surface area contributed by atoms with Crippen molar-refractivity contribution in [1.29, 1.82) is 0 Å². The first-order valence-electron chi connectivity index (χ1n) is 25.8. The first kappa shape index (κ1) is 58.1. The van der Waals surface area contributed by atoms with E-state index in [1.807, 2.05) is 0 Å². The number of nitrogens with one attached hydrogen (secondary N) is 1. The largest absolute Gasteiger partial charge is 0.394 e. The van der Waals surface area contributed by atoms with Crippen molar-refractivity contribution in [3.05, 3.63) is 0 Å². The zero-order valence-electron chi connectivity index (χ0n) is 39.6. The molecule has 0 aromatic carbocycles. The van der Waals surface area contributed by atoms with Crippen molar-refractivity contribution in [3.63, 3.8) is 0 Å². The lowest BCUT2D eigenvalue weighted by molar-refractivity contribution is -0.303. The van der Waals surface area contributed by atoms with Gasteiger partial charge in [0.05, 0.1) is 25.4 Å². The zero-order chi connectivity index (χ0) is 44.9. The van der Waals surface area contributed by atoms with Crippen molar-refractivity contribution < 1.29 is 50.0 Å². The molecule has 0 saturated carbocycles. The number of hydrogen-bond donors (Lipinski definition) is 8. The Kier molecular flexibility index (Phi) is 37.6. The fourth-order valence-corrected chi connectivity index (χ4v) is 8.54. The summed E-state index contributed by atoms with van der Waals surface area (Å²) in [5.74, 6) is 0.122. The predicted octanol–water partition coefficient (Wildman–Crippen LogP) is 9.31. The lowest BCUT2D eigenvalue weighted by Gasteiger charge is -2.40. The van der Waals surface area contributed by atoms with Gasteiger partial charge in [-0.1, -0.05) is 226 Å². The summed E-state index contributed by atoms with van der Waals surface area (Å²) in [7, 11) is 0. The molecule has 1 fully saturated rings. The van der Waals surface area contributed by atoms with Crippen LogP contribution in [0.3, 0.4) is 0 Å². The number of hydrogen-bond acceptors (Lipinski definition) is 10. The third-order valence-electron chi connectivity index (χ3n) is 13.2. The van der Waals surface area contributed by atoms with E-state index in [0.29, 0.717) is 19.3 Å². The normalized spacial score (nSPS) is 21.9. The second-order valence-electron chi connectivity index (χ2n) is 18.9. The van der Waals surface area contributed by atoms with Gasteiger partial charge in [0, 0.05) is 0 Å². The monoisotopic (exact) mass is 874 g/mol. The van der Waals surface area contributed by atoms with Crippen LogP contribution in [0.5, 0.6) is 0 Å². The van der Waals surface area contributed by atoms with E-state index < -0.39 is 74.2 Å². The highest BCUT2D eigenvalue weighted by atomic mass is 16.7. The summed E-state index contributed by atoms with van der Waals surface area (Å²) in [6.07, 6.45) is 28.7. The lowest BCUT2D eigenvalue weighted by atomic mass is 9.98. The molecular weight excluding hydrogens is 775 g/mol. The van der Waals surface area contributed by atoms with Gasteiger partial charge in [-0.25, -0.2) is 0 Å². The van der Waals surface area contributed by atoms with Gasteiger partial charge in [0.2, 0.25) is 5.91 Å². The molecule has 11 nitrogen and oxygen atoms in total. The van der Waals surface area contributed by atoms with Crippen molar-refractivity contribution in [1.82, 2.24) is 5.32 Å². The third-order valence-corrected chi connectivity index (χ3v) is 13.2. The van der Waals surface area contributed by atoms with Crippen LogP contribution in [0.4, 0.5) is 0 Å². The summed E-state index contributed by atoms with van der Waals surface area (Å²) in [6, 6.07) is -1.16. The Labute approximate surface area is 373 Å². The maximum atomic E-state index is 13.1. The highest BCUT2D eigenvalue weighted by molar-refractivity contribution is 5.80. The molecule has 0 aromatic heterocycles. The van der Waals surface area contributed by atoms with Crippen LogP contribution in [0.15, 0.2) is 0 Å². The van der Waals surface area contributed by atoms with Crippen LogP contribution in [-0.2, 0) is 14.3 Å². The predicted molar refractivity (Wildman–Crippen MR) is 247 cm³/mol. The van der Waals surface area contributed by atoms with E-state index >= 15 is 0 Å². The van der Waals surface area contributed by atoms with Gasteiger partial charge < -0.3 is 50.5 Å². The topological polar surface area (TPSA) is 189 Å². The minimum absolute atomic E-state index is 0.266. The number of rotatable bonds is 43. The van der Waals surface area contributed by atoms with Gasteiger partial charge in [0.1, 0.15) is 36.6 Å². The van der Waals surface area contributed by atoms with Gasteiger partial charge in [-0.3, -0.25) is 4.79 Å². The minimum atomic E-state index is -1.66. The molecule has 1 heterocycles. The average molecular weight is 874 g/mol. The van der Waals surface area contributed by atoms with Crippen molar-refractivity contribution in [2.45, 2.75) is 294 Å². The summed E-state index contributed by atoms with van der Waals surface area (Å²) in [4.78, 5) is 13.1. The Morgan fingerprint density at radius 1 is 0.557 bits per heavy atom. The first-order chi connectivity index (χ1) is 29.6. The molecule has 1 amide bonds. The maximum absolute atomic E-state index is 13.1. The molecule has 0 spiro atoms. The number of amides is 1. The van der Waals surface area contributed by atoms with Gasteiger partial charge in [0.15, 0.2) is 6.29 Å². The highest BCUT2D eigenvalue weighted by Gasteiger charge is 2.44. The second-order valence-corrected chi connectivity index (χ2v) is 18.9. The number of carbonyl (C=O) groups excluding carboxylic acids is 1. The van der Waals surface area contributed by atoms with Crippen molar-refractivity contribution in [3.8, 4) is 0 Å². The third kappa shape index (κ3) is 29.3. The SMILES string of the molecule is CCCCCCCCCCCCCCCCCCCCCCC[C@@H](O)C(=O)N[C@@H](CO[C@H]1O[C@H](CO)[C@H](O)[C@H](O)[C@H]1O)[C@H](O)[C@H](O)CCCCCCCCCCC[C@H](C)CC. The van der Waals surface area contributed by atoms with E-state index in [2.05, 4.69) is 26.1 Å². The lowest BCUT2D eigenvalue weighted by Crippen LogP contribution is -2.60. The van der Waals surface area contributed by atoms with Crippen LogP contribution in [0, 0.1) is 5.92 Å². The summed E-state index contributed by atoms with van der Waals surface area (Å²) < 4.78 is 11.1. The highest BCUT2D eigenvalue weighted by Crippen LogP contribution is 2.23. The van der Waals surface area contributed by atoms with Crippen molar-refractivity contribution >= 4 is 5.91 Å². The Bertz CT molecular complexity index is 975. The average Bonchev–Trinajstić information content (AvgIpc) is 3.26. The maximum Gasteiger partial charge on any atom is 0.249 e. The van der Waals surface area contributed by atoms with Gasteiger partial charge in [-0.05, 0) is 18.8 Å². The molecule has 1 aliphatic rings. The quantitative estimate of drug-likeness (QED) is 0.0274. The molecule has 11 heteroatoms. The summed E-state index contributed by atoms with van der Waals surface area (Å²) in [5, 5.41) is 75.8. The van der Waals surface area contributed by atoms with Crippen LogP contribution in [-0.4, -0.2) is 110 Å².